The number of likely N-dealkylation sites (tertiary alicyclic amines) is 1. The fourth-order valence-electron chi connectivity index (χ4n) is 2.38. The van der Waals surface area contributed by atoms with Crippen molar-refractivity contribution in [3.63, 3.8) is 0 Å². The lowest BCUT2D eigenvalue weighted by Gasteiger charge is -2.22. The Kier molecular flexibility index (Phi) is 3.75. The summed E-state index contributed by atoms with van der Waals surface area (Å²) in [5.74, 6) is -0.742. The second-order valence-corrected chi connectivity index (χ2v) is 5.42. The molecule has 1 aliphatic rings. The number of nitrogens with zero attached hydrogens (tertiary/aromatic N) is 1. The van der Waals surface area contributed by atoms with Crippen LogP contribution in [-0.4, -0.2) is 34.6 Å². The van der Waals surface area contributed by atoms with E-state index in [9.17, 15) is 14.3 Å². The van der Waals surface area contributed by atoms with Gasteiger partial charge in [0.1, 0.15) is 5.82 Å². The van der Waals surface area contributed by atoms with Crippen LogP contribution in [-0.2, 0) is 0 Å². The molecule has 0 aromatic heterocycles. The molecule has 1 aromatic carbocycles. The largest absolute Gasteiger partial charge is 0.399 e. The second-order valence-electron chi connectivity index (χ2n) is 5.42. The lowest BCUT2D eigenvalue weighted by Crippen LogP contribution is -2.33. The monoisotopic (exact) mass is 266 g/mol. The summed E-state index contributed by atoms with van der Waals surface area (Å²) in [6.07, 6.45) is 1.94. The van der Waals surface area contributed by atoms with Gasteiger partial charge in [-0.2, -0.15) is 0 Å². The minimum Gasteiger partial charge on any atom is -0.399 e. The maximum absolute atomic E-state index is 13.3. The van der Waals surface area contributed by atoms with Gasteiger partial charge < -0.3 is 15.7 Å². The molecule has 1 unspecified atom stereocenters. The maximum atomic E-state index is 13.3. The van der Waals surface area contributed by atoms with Gasteiger partial charge in [-0.15, -0.1) is 0 Å². The average Bonchev–Trinajstić information content (AvgIpc) is 2.48. The van der Waals surface area contributed by atoms with Crippen molar-refractivity contribution >= 4 is 11.6 Å². The Bertz CT molecular complexity index is 468. The minimum absolute atomic E-state index is 0.232. The van der Waals surface area contributed by atoms with Gasteiger partial charge in [-0.1, -0.05) is 0 Å². The summed E-state index contributed by atoms with van der Waals surface area (Å²) in [7, 11) is 0. The van der Waals surface area contributed by atoms with E-state index in [0.717, 1.165) is 6.42 Å². The number of aliphatic hydroxyl groups is 1. The van der Waals surface area contributed by atoms with E-state index in [1.165, 1.54) is 18.2 Å². The molecule has 19 heavy (non-hydrogen) atoms. The van der Waals surface area contributed by atoms with Crippen LogP contribution in [0.15, 0.2) is 18.2 Å². The lowest BCUT2D eigenvalue weighted by atomic mass is 9.98. The molecule has 0 aliphatic carbocycles. The standard InChI is InChI=1S/C14H19FN2O2/c1-14(19)3-2-5-17(6-4-14)13(18)10-7-11(15)9-12(16)8-10/h7-9,19H,2-6,16H2,1H3. The van der Waals surface area contributed by atoms with E-state index < -0.39 is 11.4 Å². The predicted molar refractivity (Wildman–Crippen MR) is 71.2 cm³/mol. The van der Waals surface area contributed by atoms with Crippen LogP contribution < -0.4 is 5.73 Å². The highest BCUT2D eigenvalue weighted by molar-refractivity contribution is 5.95. The van der Waals surface area contributed by atoms with Crippen molar-refractivity contribution < 1.29 is 14.3 Å². The quantitative estimate of drug-likeness (QED) is 0.761. The molecular formula is C14H19FN2O2. The first-order valence-electron chi connectivity index (χ1n) is 6.45. The van der Waals surface area contributed by atoms with E-state index in [-0.39, 0.29) is 17.2 Å². The SMILES string of the molecule is CC1(O)CCCN(C(=O)c2cc(N)cc(F)c2)CC1. The van der Waals surface area contributed by atoms with Crippen LogP contribution in [0.3, 0.4) is 0 Å². The van der Waals surface area contributed by atoms with Crippen molar-refractivity contribution in [2.24, 2.45) is 0 Å². The number of anilines is 1. The summed E-state index contributed by atoms with van der Waals surface area (Å²) in [6.45, 7) is 2.83. The Morgan fingerprint density at radius 3 is 2.79 bits per heavy atom. The second kappa shape index (κ2) is 5.17. The molecule has 1 heterocycles. The molecule has 1 aliphatic heterocycles. The summed E-state index contributed by atoms with van der Waals surface area (Å²) in [4.78, 5) is 13.9. The first-order valence-corrected chi connectivity index (χ1v) is 6.45. The molecule has 0 radical (unpaired) electrons. The molecule has 0 spiro atoms. The van der Waals surface area contributed by atoms with Crippen LogP contribution in [0.4, 0.5) is 10.1 Å². The van der Waals surface area contributed by atoms with Crippen molar-refractivity contribution in [2.75, 3.05) is 18.8 Å². The minimum atomic E-state index is -0.726. The van der Waals surface area contributed by atoms with Crippen molar-refractivity contribution in [2.45, 2.75) is 31.8 Å². The van der Waals surface area contributed by atoms with Gasteiger partial charge in [0, 0.05) is 24.3 Å². The number of amides is 1. The smallest absolute Gasteiger partial charge is 0.254 e. The molecule has 1 aromatic rings. The van der Waals surface area contributed by atoms with E-state index in [1.807, 2.05) is 0 Å². The summed E-state index contributed by atoms with van der Waals surface area (Å²) >= 11 is 0. The van der Waals surface area contributed by atoms with Crippen LogP contribution in [0.5, 0.6) is 0 Å². The zero-order valence-corrected chi connectivity index (χ0v) is 11.0. The zero-order chi connectivity index (χ0) is 14.0. The van der Waals surface area contributed by atoms with Crippen LogP contribution in [0.1, 0.15) is 36.5 Å². The number of benzene rings is 1. The van der Waals surface area contributed by atoms with Gasteiger partial charge in [0.25, 0.3) is 5.91 Å². The Morgan fingerprint density at radius 1 is 1.37 bits per heavy atom. The van der Waals surface area contributed by atoms with E-state index in [1.54, 1.807) is 11.8 Å². The van der Waals surface area contributed by atoms with Gasteiger partial charge >= 0.3 is 0 Å². The molecule has 1 fully saturated rings. The van der Waals surface area contributed by atoms with E-state index >= 15 is 0 Å². The van der Waals surface area contributed by atoms with E-state index in [2.05, 4.69) is 0 Å². The highest BCUT2D eigenvalue weighted by Crippen LogP contribution is 2.23. The van der Waals surface area contributed by atoms with E-state index in [4.69, 9.17) is 5.73 Å². The molecule has 1 atom stereocenters. The Labute approximate surface area is 112 Å². The third-order valence-corrected chi connectivity index (χ3v) is 3.52. The first kappa shape index (κ1) is 13.8. The fourth-order valence-corrected chi connectivity index (χ4v) is 2.38. The maximum Gasteiger partial charge on any atom is 0.254 e. The highest BCUT2D eigenvalue weighted by atomic mass is 19.1. The zero-order valence-electron chi connectivity index (χ0n) is 11.0. The molecule has 2 rings (SSSR count). The number of carbonyl (C=O) groups is 1. The molecule has 4 nitrogen and oxygen atoms in total. The number of carbonyl (C=O) groups excluding carboxylic acids is 1. The number of nitrogen functional groups attached to an aromatic ring is 1. The van der Waals surface area contributed by atoms with Gasteiger partial charge in [0.15, 0.2) is 0 Å². The predicted octanol–water partition coefficient (Wildman–Crippen LogP) is 1.79. The van der Waals surface area contributed by atoms with Gasteiger partial charge in [-0.25, -0.2) is 4.39 Å². The molecular weight excluding hydrogens is 247 g/mol. The van der Waals surface area contributed by atoms with Crippen molar-refractivity contribution in [3.05, 3.63) is 29.6 Å². The van der Waals surface area contributed by atoms with Crippen LogP contribution in [0.25, 0.3) is 0 Å². The molecule has 1 amide bonds. The number of halogens is 1. The topological polar surface area (TPSA) is 66.6 Å². The van der Waals surface area contributed by atoms with Gasteiger partial charge in [0.2, 0.25) is 0 Å². The van der Waals surface area contributed by atoms with Crippen molar-refractivity contribution in [1.29, 1.82) is 0 Å². The average molecular weight is 266 g/mol. The number of hydrogen-bond donors (Lipinski definition) is 2. The summed E-state index contributed by atoms with van der Waals surface area (Å²) in [5, 5.41) is 9.99. The van der Waals surface area contributed by atoms with Crippen LogP contribution in [0.2, 0.25) is 0 Å². The third-order valence-electron chi connectivity index (χ3n) is 3.52. The third kappa shape index (κ3) is 3.44. The Hall–Kier alpha value is -1.62. The summed E-state index contributed by atoms with van der Waals surface area (Å²) in [5.41, 5.74) is 5.33. The molecule has 5 heteroatoms. The van der Waals surface area contributed by atoms with Gasteiger partial charge in [-0.3, -0.25) is 4.79 Å². The van der Waals surface area contributed by atoms with Crippen LogP contribution >= 0.6 is 0 Å². The number of nitrogens with two attached hydrogens (primary N) is 1. The molecule has 0 saturated carbocycles. The molecule has 3 N–H and O–H groups in total. The fraction of sp³-hybridized carbons (Fsp3) is 0.500. The Morgan fingerprint density at radius 2 is 2.11 bits per heavy atom. The first-order chi connectivity index (χ1) is 8.87. The number of hydrogen-bond acceptors (Lipinski definition) is 3. The van der Waals surface area contributed by atoms with Gasteiger partial charge in [-0.05, 0) is 44.4 Å². The van der Waals surface area contributed by atoms with E-state index in [0.29, 0.717) is 25.9 Å². The van der Waals surface area contributed by atoms with Crippen molar-refractivity contribution in [3.8, 4) is 0 Å². The molecule has 1 saturated heterocycles. The van der Waals surface area contributed by atoms with Crippen LogP contribution in [0, 0.1) is 5.82 Å². The highest BCUT2D eigenvalue weighted by Gasteiger charge is 2.27. The molecule has 0 bridgehead atoms. The molecule has 104 valence electrons. The summed E-state index contributed by atoms with van der Waals surface area (Å²) in [6, 6.07) is 3.86. The van der Waals surface area contributed by atoms with Gasteiger partial charge in [0.05, 0.1) is 5.60 Å². The van der Waals surface area contributed by atoms with Crippen molar-refractivity contribution in [1.82, 2.24) is 4.90 Å². The number of rotatable bonds is 1. The normalized spacial score (nSPS) is 24.1. The summed E-state index contributed by atoms with van der Waals surface area (Å²) < 4.78 is 13.3. The lowest BCUT2D eigenvalue weighted by molar-refractivity contribution is 0.0438. The Balaban J connectivity index is 2.15.